The van der Waals surface area contributed by atoms with Gasteiger partial charge in [-0.3, -0.25) is 0 Å². The van der Waals surface area contributed by atoms with Crippen LogP contribution in [0, 0.1) is 5.82 Å². The average molecular weight is 276 g/mol. The van der Waals surface area contributed by atoms with Crippen molar-refractivity contribution in [3.05, 3.63) is 34.6 Å². The monoisotopic (exact) mass is 275 g/mol. The van der Waals surface area contributed by atoms with Crippen LogP contribution in [0.2, 0.25) is 5.02 Å². The molecule has 4 heteroatoms. The van der Waals surface area contributed by atoms with Crippen LogP contribution in [-0.2, 0) is 6.42 Å². The van der Waals surface area contributed by atoms with E-state index in [9.17, 15) is 4.39 Å². The Labute approximate surface area is 112 Å². The number of thioether (sulfide) groups is 1. The van der Waals surface area contributed by atoms with Crippen LogP contribution in [0.1, 0.15) is 26.3 Å². The van der Waals surface area contributed by atoms with Crippen LogP contribution in [0.15, 0.2) is 18.2 Å². The van der Waals surface area contributed by atoms with Crippen molar-refractivity contribution in [1.29, 1.82) is 0 Å². The summed E-state index contributed by atoms with van der Waals surface area (Å²) in [7, 11) is 0. The molecule has 1 aromatic carbocycles. The third-order valence-electron chi connectivity index (χ3n) is 2.22. The molecule has 0 spiro atoms. The lowest BCUT2D eigenvalue weighted by Crippen LogP contribution is -2.28. The Bertz CT molecular complexity index is 376. The minimum atomic E-state index is -0.231. The second-order valence-corrected chi connectivity index (χ2v) is 7.41. The second-order valence-electron chi connectivity index (χ2n) is 5.12. The minimum Gasteiger partial charge on any atom is -0.327 e. The molecule has 2 N–H and O–H groups in total. The molecule has 0 heterocycles. The summed E-state index contributed by atoms with van der Waals surface area (Å²) in [4.78, 5) is 0. The fourth-order valence-corrected chi connectivity index (χ4v) is 2.42. The van der Waals surface area contributed by atoms with Crippen molar-refractivity contribution in [2.75, 3.05) is 5.75 Å². The predicted molar refractivity (Wildman–Crippen MR) is 75.3 cm³/mol. The van der Waals surface area contributed by atoms with Crippen LogP contribution >= 0.6 is 23.4 Å². The summed E-state index contributed by atoms with van der Waals surface area (Å²) in [6.07, 6.45) is 0.523. The molecule has 1 nitrogen and oxygen atoms in total. The van der Waals surface area contributed by atoms with Crippen LogP contribution in [0.5, 0.6) is 0 Å². The number of benzene rings is 1. The Morgan fingerprint density at radius 2 is 2.06 bits per heavy atom. The number of hydrogen-bond acceptors (Lipinski definition) is 2. The summed E-state index contributed by atoms with van der Waals surface area (Å²) in [5.74, 6) is 0.584. The van der Waals surface area contributed by atoms with Gasteiger partial charge in [0.15, 0.2) is 0 Å². The molecule has 0 radical (unpaired) electrons. The van der Waals surface area contributed by atoms with Crippen LogP contribution in [0.4, 0.5) is 4.39 Å². The smallest absolute Gasteiger partial charge is 0.126 e. The number of rotatable bonds is 4. The van der Waals surface area contributed by atoms with Gasteiger partial charge in [-0.15, -0.1) is 0 Å². The molecule has 1 rings (SSSR count). The van der Waals surface area contributed by atoms with E-state index in [0.717, 1.165) is 5.75 Å². The van der Waals surface area contributed by atoms with Gasteiger partial charge in [0.1, 0.15) is 5.82 Å². The van der Waals surface area contributed by atoms with E-state index in [2.05, 4.69) is 20.8 Å². The van der Waals surface area contributed by atoms with Crippen LogP contribution in [0.25, 0.3) is 0 Å². The molecule has 0 amide bonds. The predicted octanol–water partition coefficient (Wildman–Crippen LogP) is 3.88. The number of nitrogens with two attached hydrogens (primary N) is 1. The Kier molecular flexibility index (Phi) is 5.29. The molecule has 0 aliphatic rings. The van der Waals surface area contributed by atoms with Crippen LogP contribution in [-0.4, -0.2) is 16.5 Å². The molecule has 0 saturated carbocycles. The van der Waals surface area contributed by atoms with Crippen molar-refractivity contribution in [1.82, 2.24) is 0 Å². The molecular weight excluding hydrogens is 257 g/mol. The van der Waals surface area contributed by atoms with E-state index < -0.39 is 0 Å². The number of hydrogen-bond donors (Lipinski definition) is 1. The van der Waals surface area contributed by atoms with Gasteiger partial charge >= 0.3 is 0 Å². The van der Waals surface area contributed by atoms with Gasteiger partial charge in [0.05, 0.1) is 0 Å². The first-order chi connectivity index (χ1) is 7.78. The van der Waals surface area contributed by atoms with Gasteiger partial charge in [-0.05, 0) is 30.2 Å². The molecule has 0 aliphatic carbocycles. The molecular formula is C13H19ClFNS. The second kappa shape index (κ2) is 6.07. The highest BCUT2D eigenvalue weighted by Gasteiger charge is 2.15. The fraction of sp³-hybridized carbons (Fsp3) is 0.538. The lowest BCUT2D eigenvalue weighted by molar-refractivity contribution is 0.597. The molecule has 1 unspecified atom stereocenters. The van der Waals surface area contributed by atoms with Gasteiger partial charge < -0.3 is 5.73 Å². The van der Waals surface area contributed by atoms with E-state index in [1.165, 1.54) is 6.07 Å². The minimum absolute atomic E-state index is 0.0489. The fourth-order valence-electron chi connectivity index (χ4n) is 1.40. The zero-order valence-electron chi connectivity index (χ0n) is 10.5. The Morgan fingerprint density at radius 1 is 1.41 bits per heavy atom. The SMILES string of the molecule is CC(C)(C)SCC(N)Cc1cc(Cl)ccc1F. The van der Waals surface area contributed by atoms with Crippen molar-refractivity contribution in [3.8, 4) is 0 Å². The van der Waals surface area contributed by atoms with E-state index in [1.54, 1.807) is 23.9 Å². The Balaban J connectivity index is 2.56. The van der Waals surface area contributed by atoms with E-state index in [1.807, 2.05) is 0 Å². The molecule has 0 fully saturated rings. The van der Waals surface area contributed by atoms with E-state index in [0.29, 0.717) is 17.0 Å². The summed E-state index contributed by atoms with van der Waals surface area (Å²) in [6, 6.07) is 4.54. The van der Waals surface area contributed by atoms with Gasteiger partial charge in [0, 0.05) is 21.6 Å². The summed E-state index contributed by atoms with van der Waals surface area (Å²) >= 11 is 7.63. The molecule has 0 aromatic heterocycles. The third kappa shape index (κ3) is 5.75. The van der Waals surface area contributed by atoms with Crippen LogP contribution in [0.3, 0.4) is 0 Å². The quantitative estimate of drug-likeness (QED) is 0.902. The number of halogens is 2. The van der Waals surface area contributed by atoms with Gasteiger partial charge in [-0.25, -0.2) is 4.39 Å². The highest BCUT2D eigenvalue weighted by atomic mass is 35.5. The van der Waals surface area contributed by atoms with Crippen molar-refractivity contribution < 1.29 is 4.39 Å². The van der Waals surface area contributed by atoms with E-state index >= 15 is 0 Å². The molecule has 0 bridgehead atoms. The third-order valence-corrected chi connectivity index (χ3v) is 3.92. The molecule has 0 saturated heterocycles. The highest BCUT2D eigenvalue weighted by Crippen LogP contribution is 2.24. The summed E-state index contributed by atoms with van der Waals surface area (Å²) in [5, 5.41) is 0.553. The zero-order valence-corrected chi connectivity index (χ0v) is 12.0. The molecule has 1 atom stereocenters. The molecule has 0 aliphatic heterocycles. The summed E-state index contributed by atoms with van der Waals surface area (Å²) in [6.45, 7) is 6.43. The highest BCUT2D eigenvalue weighted by molar-refractivity contribution is 8.00. The summed E-state index contributed by atoms with van der Waals surface area (Å²) < 4.78 is 13.7. The summed E-state index contributed by atoms with van der Waals surface area (Å²) in [5.41, 5.74) is 6.60. The Morgan fingerprint density at radius 3 is 2.65 bits per heavy atom. The first-order valence-electron chi connectivity index (χ1n) is 5.61. The van der Waals surface area contributed by atoms with E-state index in [-0.39, 0.29) is 16.6 Å². The molecule has 1 aromatic rings. The van der Waals surface area contributed by atoms with Crippen molar-refractivity contribution in [3.63, 3.8) is 0 Å². The molecule has 17 heavy (non-hydrogen) atoms. The average Bonchev–Trinajstić information content (AvgIpc) is 2.20. The van der Waals surface area contributed by atoms with Gasteiger partial charge in [-0.1, -0.05) is 32.4 Å². The first-order valence-corrected chi connectivity index (χ1v) is 6.98. The zero-order chi connectivity index (χ0) is 13.1. The lowest BCUT2D eigenvalue weighted by atomic mass is 10.1. The van der Waals surface area contributed by atoms with Gasteiger partial charge in [0.2, 0.25) is 0 Å². The largest absolute Gasteiger partial charge is 0.327 e. The van der Waals surface area contributed by atoms with Gasteiger partial charge in [-0.2, -0.15) is 11.8 Å². The lowest BCUT2D eigenvalue weighted by Gasteiger charge is -2.20. The normalized spacial score (nSPS) is 13.8. The Hall–Kier alpha value is -0.250. The van der Waals surface area contributed by atoms with E-state index in [4.69, 9.17) is 17.3 Å². The van der Waals surface area contributed by atoms with Crippen molar-refractivity contribution >= 4 is 23.4 Å². The van der Waals surface area contributed by atoms with Crippen molar-refractivity contribution in [2.24, 2.45) is 5.73 Å². The van der Waals surface area contributed by atoms with Gasteiger partial charge in [0.25, 0.3) is 0 Å². The maximum absolute atomic E-state index is 13.5. The standard InChI is InChI=1S/C13H19ClFNS/c1-13(2,3)17-8-11(16)7-9-6-10(14)4-5-12(9)15/h4-6,11H,7-8,16H2,1-3H3. The topological polar surface area (TPSA) is 26.0 Å². The van der Waals surface area contributed by atoms with Crippen LogP contribution < -0.4 is 5.73 Å². The van der Waals surface area contributed by atoms with Crippen molar-refractivity contribution in [2.45, 2.75) is 38.0 Å². The first kappa shape index (κ1) is 14.8. The molecule has 96 valence electrons. The maximum Gasteiger partial charge on any atom is 0.126 e. The maximum atomic E-state index is 13.5.